The lowest BCUT2D eigenvalue weighted by molar-refractivity contribution is -0.144. The van der Waals surface area contributed by atoms with Gasteiger partial charge in [-0.25, -0.2) is 9.59 Å². The third-order valence-corrected chi connectivity index (χ3v) is 4.67. The summed E-state index contributed by atoms with van der Waals surface area (Å²) in [4.78, 5) is 42.1. The fourth-order valence-corrected chi connectivity index (χ4v) is 2.47. The number of ether oxygens (including phenoxy) is 2. The van der Waals surface area contributed by atoms with E-state index in [1.165, 1.54) is 24.3 Å². The molecule has 0 saturated heterocycles. The highest BCUT2D eigenvalue weighted by Gasteiger charge is 2.31. The molecule has 0 aliphatic rings. The van der Waals surface area contributed by atoms with Gasteiger partial charge in [0.1, 0.15) is 30.3 Å². The number of carbonyl (C=O) groups is 4. The molecule has 2 rings (SSSR count). The van der Waals surface area contributed by atoms with Crippen molar-refractivity contribution in [3.8, 4) is 11.5 Å². The van der Waals surface area contributed by atoms with Crippen LogP contribution in [0.3, 0.4) is 0 Å². The minimum absolute atomic E-state index is 0.0336. The van der Waals surface area contributed by atoms with Crippen LogP contribution in [0.15, 0.2) is 48.5 Å². The molecule has 0 radical (unpaired) electrons. The second-order valence-electron chi connectivity index (χ2n) is 7.06. The summed E-state index contributed by atoms with van der Waals surface area (Å²) in [5, 5.41) is 34.5. The minimum atomic E-state index is -1.39. The molecule has 0 heterocycles. The van der Waals surface area contributed by atoms with Crippen molar-refractivity contribution in [1.82, 2.24) is 0 Å². The molecule has 0 fully saturated rings. The summed E-state index contributed by atoms with van der Waals surface area (Å²) >= 11 is 0. The summed E-state index contributed by atoms with van der Waals surface area (Å²) in [5.41, 5.74) is 4.43. The SMILES string of the molecule is CC[C@](N)(CCC(=O)O)C(=O)O.O=C(O)c1ccc(OCCOc2ccc(C(=O)O)cc2)cc1. The molecule has 0 amide bonds. The van der Waals surface area contributed by atoms with Crippen LogP contribution in [0.1, 0.15) is 46.9 Å². The summed E-state index contributed by atoms with van der Waals surface area (Å²) < 4.78 is 10.8. The Morgan fingerprint density at radius 3 is 1.41 bits per heavy atom. The standard InChI is InChI=1S/C16H14O6.C7H13NO4/c17-15(18)11-1-5-13(6-2-11)21-9-10-22-14-7-3-12(4-8-14)16(19)20;1-2-7(8,6(11)12)4-3-5(9)10/h1-8H,9-10H2,(H,17,18)(H,19,20);2-4,8H2,1H3,(H,9,10)(H,11,12)/t;7-/m.0/s1. The highest BCUT2D eigenvalue weighted by Crippen LogP contribution is 2.15. The van der Waals surface area contributed by atoms with E-state index in [1.807, 2.05) is 0 Å². The van der Waals surface area contributed by atoms with Crippen molar-refractivity contribution in [2.45, 2.75) is 31.7 Å². The molecule has 0 aliphatic heterocycles. The number of benzene rings is 2. The second kappa shape index (κ2) is 13.4. The minimum Gasteiger partial charge on any atom is -0.490 e. The van der Waals surface area contributed by atoms with E-state index in [-0.39, 0.29) is 43.6 Å². The molecule has 11 nitrogen and oxygen atoms in total. The Balaban J connectivity index is 0.000000411. The molecule has 6 N–H and O–H groups in total. The number of rotatable bonds is 12. The van der Waals surface area contributed by atoms with E-state index >= 15 is 0 Å². The van der Waals surface area contributed by atoms with Crippen LogP contribution < -0.4 is 15.2 Å². The number of carboxylic acid groups (broad SMARTS) is 4. The topological polar surface area (TPSA) is 194 Å². The van der Waals surface area contributed by atoms with Crippen molar-refractivity contribution in [1.29, 1.82) is 0 Å². The average Bonchev–Trinajstić information content (AvgIpc) is 2.81. The van der Waals surface area contributed by atoms with Gasteiger partial charge in [-0.3, -0.25) is 9.59 Å². The molecule has 0 unspecified atom stereocenters. The summed E-state index contributed by atoms with van der Waals surface area (Å²) in [6.07, 6.45) is -0.0135. The molecular formula is C23H27NO10. The van der Waals surface area contributed by atoms with E-state index in [2.05, 4.69) is 0 Å². The zero-order chi connectivity index (χ0) is 25.7. The van der Waals surface area contributed by atoms with Crippen LogP contribution in [0.2, 0.25) is 0 Å². The fraction of sp³-hybridized carbons (Fsp3) is 0.304. The lowest BCUT2D eigenvalue weighted by Gasteiger charge is -2.21. The molecule has 0 aliphatic carbocycles. The summed E-state index contributed by atoms with van der Waals surface area (Å²) in [6.45, 7) is 2.19. The molecular weight excluding hydrogens is 450 g/mol. The molecule has 11 heteroatoms. The van der Waals surface area contributed by atoms with Crippen molar-refractivity contribution in [2.75, 3.05) is 13.2 Å². The Hall–Kier alpha value is -4.12. The Kier molecular flexibility index (Phi) is 11.0. The predicted octanol–water partition coefficient (Wildman–Crippen LogP) is 2.58. The van der Waals surface area contributed by atoms with Gasteiger partial charge in [0.25, 0.3) is 0 Å². The van der Waals surface area contributed by atoms with Crippen molar-refractivity contribution in [2.24, 2.45) is 5.73 Å². The smallest absolute Gasteiger partial charge is 0.335 e. The first-order valence-corrected chi connectivity index (χ1v) is 10.1. The first-order valence-electron chi connectivity index (χ1n) is 10.1. The van der Waals surface area contributed by atoms with Crippen LogP contribution in [-0.4, -0.2) is 63.1 Å². The number of carboxylic acids is 4. The molecule has 0 aromatic heterocycles. The summed E-state index contributed by atoms with van der Waals surface area (Å²) in [7, 11) is 0. The fourth-order valence-electron chi connectivity index (χ4n) is 2.47. The molecule has 0 bridgehead atoms. The van der Waals surface area contributed by atoms with Gasteiger partial charge in [-0.15, -0.1) is 0 Å². The quantitative estimate of drug-likeness (QED) is 0.282. The first kappa shape index (κ1) is 27.9. The second-order valence-corrected chi connectivity index (χ2v) is 7.06. The maximum Gasteiger partial charge on any atom is 0.335 e. The Morgan fingerprint density at radius 1 is 0.765 bits per heavy atom. The van der Waals surface area contributed by atoms with Crippen molar-refractivity contribution in [3.63, 3.8) is 0 Å². The van der Waals surface area contributed by atoms with Crippen LogP contribution in [0.5, 0.6) is 11.5 Å². The van der Waals surface area contributed by atoms with Gasteiger partial charge in [-0.2, -0.15) is 0 Å². The zero-order valence-electron chi connectivity index (χ0n) is 18.5. The lowest BCUT2D eigenvalue weighted by Crippen LogP contribution is -2.47. The van der Waals surface area contributed by atoms with Gasteiger partial charge < -0.3 is 35.6 Å². The molecule has 34 heavy (non-hydrogen) atoms. The molecule has 0 saturated carbocycles. The van der Waals surface area contributed by atoms with Gasteiger partial charge in [-0.1, -0.05) is 6.92 Å². The van der Waals surface area contributed by atoms with Gasteiger partial charge in [0.2, 0.25) is 0 Å². The number of hydrogen-bond acceptors (Lipinski definition) is 7. The number of aromatic carboxylic acids is 2. The van der Waals surface area contributed by atoms with Gasteiger partial charge in [-0.05, 0) is 61.4 Å². The van der Waals surface area contributed by atoms with Crippen molar-refractivity contribution in [3.05, 3.63) is 59.7 Å². The maximum absolute atomic E-state index is 10.7. The molecule has 1 atom stereocenters. The van der Waals surface area contributed by atoms with E-state index < -0.39 is 29.4 Å². The van der Waals surface area contributed by atoms with Crippen LogP contribution in [0.4, 0.5) is 0 Å². The Labute approximate surface area is 195 Å². The number of nitrogens with two attached hydrogens (primary N) is 1. The maximum atomic E-state index is 10.7. The Bertz CT molecular complexity index is 913. The highest BCUT2D eigenvalue weighted by atomic mass is 16.5. The van der Waals surface area contributed by atoms with Crippen LogP contribution in [-0.2, 0) is 9.59 Å². The van der Waals surface area contributed by atoms with Crippen LogP contribution in [0.25, 0.3) is 0 Å². The average molecular weight is 477 g/mol. The molecule has 0 spiro atoms. The van der Waals surface area contributed by atoms with E-state index in [0.29, 0.717) is 11.5 Å². The van der Waals surface area contributed by atoms with Gasteiger partial charge in [0, 0.05) is 6.42 Å². The number of hydrogen-bond donors (Lipinski definition) is 5. The highest BCUT2D eigenvalue weighted by molar-refractivity contribution is 5.88. The van der Waals surface area contributed by atoms with Gasteiger partial charge in [0.15, 0.2) is 0 Å². The summed E-state index contributed by atoms with van der Waals surface area (Å²) in [6, 6.07) is 12.1. The summed E-state index contributed by atoms with van der Waals surface area (Å²) in [5.74, 6) is -3.05. The molecule has 2 aromatic carbocycles. The van der Waals surface area contributed by atoms with Crippen LogP contribution >= 0.6 is 0 Å². The van der Waals surface area contributed by atoms with E-state index in [1.54, 1.807) is 31.2 Å². The largest absolute Gasteiger partial charge is 0.490 e. The third kappa shape index (κ3) is 9.57. The van der Waals surface area contributed by atoms with E-state index in [9.17, 15) is 19.2 Å². The Morgan fingerprint density at radius 2 is 1.15 bits per heavy atom. The van der Waals surface area contributed by atoms with Crippen molar-refractivity contribution >= 4 is 23.9 Å². The van der Waals surface area contributed by atoms with E-state index in [0.717, 1.165) is 0 Å². The molecule has 2 aromatic rings. The van der Waals surface area contributed by atoms with Gasteiger partial charge in [0.05, 0.1) is 11.1 Å². The van der Waals surface area contributed by atoms with E-state index in [4.69, 9.17) is 35.6 Å². The lowest BCUT2D eigenvalue weighted by atomic mass is 9.92. The van der Waals surface area contributed by atoms with Crippen LogP contribution in [0, 0.1) is 0 Å². The van der Waals surface area contributed by atoms with Crippen molar-refractivity contribution < 1.29 is 49.1 Å². The third-order valence-electron chi connectivity index (χ3n) is 4.67. The first-order chi connectivity index (χ1) is 16.0. The normalized spacial score (nSPS) is 11.8. The predicted molar refractivity (Wildman–Crippen MR) is 120 cm³/mol. The zero-order valence-corrected chi connectivity index (χ0v) is 18.5. The number of aliphatic carboxylic acids is 2. The molecule has 184 valence electrons. The monoisotopic (exact) mass is 477 g/mol. The van der Waals surface area contributed by atoms with Gasteiger partial charge >= 0.3 is 23.9 Å².